The van der Waals surface area contributed by atoms with Gasteiger partial charge in [-0.1, -0.05) is 67.1 Å². The van der Waals surface area contributed by atoms with E-state index in [2.05, 4.69) is 74.5 Å². The quantitative estimate of drug-likeness (QED) is 0.719. The number of carbonyl (C=O) groups is 1. The molecule has 0 bridgehead atoms. The second-order valence-electron chi connectivity index (χ2n) is 7.01. The molecule has 132 valence electrons. The third kappa shape index (κ3) is 3.78. The van der Waals surface area contributed by atoms with Crippen molar-refractivity contribution in [1.82, 2.24) is 4.90 Å². The molecular formula is C23H29NO. The van der Waals surface area contributed by atoms with Crippen molar-refractivity contribution in [2.45, 2.75) is 39.0 Å². The van der Waals surface area contributed by atoms with Crippen LogP contribution in [0, 0.1) is 11.8 Å². The Morgan fingerprint density at radius 2 is 1.44 bits per heavy atom. The number of carbonyl (C=O) groups excluding carboxylic acids is 1. The van der Waals surface area contributed by atoms with Gasteiger partial charge in [0, 0.05) is 24.9 Å². The summed E-state index contributed by atoms with van der Waals surface area (Å²) in [6.45, 7) is 5.77. The molecule has 2 heteroatoms. The van der Waals surface area contributed by atoms with Gasteiger partial charge in [-0.15, -0.1) is 0 Å². The number of nitrogens with zero attached hydrogens (tertiary/aromatic N) is 1. The van der Waals surface area contributed by atoms with E-state index in [0.29, 0.717) is 17.7 Å². The third-order valence-corrected chi connectivity index (χ3v) is 5.71. The molecule has 0 saturated heterocycles. The summed E-state index contributed by atoms with van der Waals surface area (Å²) in [6, 6.07) is 21.5. The Kier molecular flexibility index (Phi) is 5.91. The molecule has 0 radical (unpaired) electrons. The maximum atomic E-state index is 13.1. The minimum Gasteiger partial charge on any atom is -0.343 e. The van der Waals surface area contributed by atoms with Crippen LogP contribution in [-0.2, 0) is 4.79 Å². The Labute approximate surface area is 151 Å². The fourth-order valence-electron chi connectivity index (χ4n) is 4.47. The normalized spacial score (nSPS) is 20.0. The van der Waals surface area contributed by atoms with E-state index in [0.717, 1.165) is 32.4 Å². The van der Waals surface area contributed by atoms with Crippen molar-refractivity contribution < 1.29 is 4.79 Å². The second-order valence-corrected chi connectivity index (χ2v) is 7.01. The molecule has 3 rings (SSSR count). The first kappa shape index (κ1) is 17.7. The van der Waals surface area contributed by atoms with E-state index in [1.807, 2.05) is 4.90 Å². The number of amides is 1. The van der Waals surface area contributed by atoms with E-state index in [1.54, 1.807) is 0 Å². The molecule has 2 nitrogen and oxygen atoms in total. The van der Waals surface area contributed by atoms with Crippen molar-refractivity contribution in [3.8, 4) is 0 Å². The molecule has 2 atom stereocenters. The Balaban J connectivity index is 1.96. The summed E-state index contributed by atoms with van der Waals surface area (Å²) in [5.41, 5.74) is 2.66. The van der Waals surface area contributed by atoms with Gasteiger partial charge in [-0.05, 0) is 43.7 Å². The lowest BCUT2D eigenvalue weighted by Crippen LogP contribution is -2.38. The van der Waals surface area contributed by atoms with Crippen LogP contribution >= 0.6 is 0 Å². The van der Waals surface area contributed by atoms with Crippen molar-refractivity contribution in [3.05, 3.63) is 71.8 Å². The van der Waals surface area contributed by atoms with Crippen LogP contribution in [0.25, 0.3) is 0 Å². The fraction of sp³-hybridized carbons (Fsp3) is 0.435. The van der Waals surface area contributed by atoms with Crippen LogP contribution in [0.15, 0.2) is 60.7 Å². The monoisotopic (exact) mass is 335 g/mol. The second kappa shape index (κ2) is 8.33. The van der Waals surface area contributed by atoms with Crippen LogP contribution < -0.4 is 0 Å². The minimum atomic E-state index is 0.144. The molecule has 1 amide bonds. The summed E-state index contributed by atoms with van der Waals surface area (Å²) in [7, 11) is 0. The van der Waals surface area contributed by atoms with Gasteiger partial charge in [-0.2, -0.15) is 0 Å². The molecule has 0 N–H and O–H groups in total. The molecule has 1 aliphatic carbocycles. The van der Waals surface area contributed by atoms with E-state index in [4.69, 9.17) is 0 Å². The van der Waals surface area contributed by atoms with Crippen molar-refractivity contribution >= 4 is 5.91 Å². The molecule has 25 heavy (non-hydrogen) atoms. The van der Waals surface area contributed by atoms with E-state index >= 15 is 0 Å². The van der Waals surface area contributed by atoms with Gasteiger partial charge in [-0.3, -0.25) is 4.79 Å². The third-order valence-electron chi connectivity index (χ3n) is 5.71. The molecule has 0 aromatic heterocycles. The first-order valence-corrected chi connectivity index (χ1v) is 9.64. The predicted octanol–water partition coefficient (Wildman–Crippen LogP) is 5.10. The summed E-state index contributed by atoms with van der Waals surface area (Å²) in [6.07, 6.45) is 3.31. The van der Waals surface area contributed by atoms with Gasteiger partial charge in [0.15, 0.2) is 0 Å². The number of benzene rings is 2. The number of rotatable bonds is 6. The van der Waals surface area contributed by atoms with E-state index in [9.17, 15) is 4.79 Å². The Morgan fingerprint density at radius 1 is 0.920 bits per heavy atom. The molecular weight excluding hydrogens is 306 g/mol. The Morgan fingerprint density at radius 3 is 1.92 bits per heavy atom. The summed E-state index contributed by atoms with van der Waals surface area (Å²) in [4.78, 5) is 15.1. The summed E-state index contributed by atoms with van der Waals surface area (Å²) >= 11 is 0. The van der Waals surface area contributed by atoms with Gasteiger partial charge in [0.1, 0.15) is 0 Å². The van der Waals surface area contributed by atoms with Crippen LogP contribution in [0.3, 0.4) is 0 Å². The fourth-order valence-corrected chi connectivity index (χ4v) is 4.47. The molecule has 0 unspecified atom stereocenters. The maximum Gasteiger partial charge on any atom is 0.225 e. The van der Waals surface area contributed by atoms with Gasteiger partial charge < -0.3 is 4.90 Å². The van der Waals surface area contributed by atoms with Gasteiger partial charge in [0.25, 0.3) is 0 Å². The number of hydrogen-bond acceptors (Lipinski definition) is 1. The van der Waals surface area contributed by atoms with Crippen molar-refractivity contribution in [2.24, 2.45) is 11.8 Å². The SMILES string of the molecule is CCN(CC)C(=O)[C@@H]1CCC[C@@H]1C(c1ccccc1)c1ccccc1. The highest BCUT2D eigenvalue weighted by atomic mass is 16.2. The van der Waals surface area contributed by atoms with Crippen molar-refractivity contribution in [1.29, 1.82) is 0 Å². The molecule has 1 saturated carbocycles. The topological polar surface area (TPSA) is 20.3 Å². The summed E-state index contributed by atoms with van der Waals surface area (Å²) in [5, 5.41) is 0. The lowest BCUT2D eigenvalue weighted by Gasteiger charge is -2.32. The molecule has 1 fully saturated rings. The lowest BCUT2D eigenvalue weighted by molar-refractivity contribution is -0.136. The van der Waals surface area contributed by atoms with Crippen molar-refractivity contribution in [2.75, 3.05) is 13.1 Å². The zero-order valence-corrected chi connectivity index (χ0v) is 15.4. The lowest BCUT2D eigenvalue weighted by atomic mass is 9.75. The Bertz CT molecular complexity index is 624. The van der Waals surface area contributed by atoms with E-state index < -0.39 is 0 Å². The van der Waals surface area contributed by atoms with Crippen LogP contribution in [0.5, 0.6) is 0 Å². The molecule has 2 aromatic carbocycles. The van der Waals surface area contributed by atoms with Gasteiger partial charge >= 0.3 is 0 Å². The largest absolute Gasteiger partial charge is 0.343 e. The van der Waals surface area contributed by atoms with Gasteiger partial charge in [0.05, 0.1) is 0 Å². The minimum absolute atomic E-state index is 0.144. The molecule has 0 heterocycles. The summed E-state index contributed by atoms with van der Waals surface area (Å²) < 4.78 is 0. The zero-order valence-electron chi connectivity index (χ0n) is 15.4. The highest BCUT2D eigenvalue weighted by Gasteiger charge is 2.40. The maximum absolute atomic E-state index is 13.1. The predicted molar refractivity (Wildman–Crippen MR) is 103 cm³/mol. The van der Waals surface area contributed by atoms with Crippen molar-refractivity contribution in [3.63, 3.8) is 0 Å². The van der Waals surface area contributed by atoms with Crippen LogP contribution in [0.4, 0.5) is 0 Å². The van der Waals surface area contributed by atoms with Crippen LogP contribution in [-0.4, -0.2) is 23.9 Å². The molecule has 0 aliphatic heterocycles. The zero-order chi connectivity index (χ0) is 17.6. The van der Waals surface area contributed by atoms with Crippen LogP contribution in [0.2, 0.25) is 0 Å². The number of hydrogen-bond donors (Lipinski definition) is 0. The van der Waals surface area contributed by atoms with Crippen LogP contribution in [0.1, 0.15) is 50.2 Å². The average Bonchev–Trinajstić information content (AvgIpc) is 3.14. The highest BCUT2D eigenvalue weighted by molar-refractivity contribution is 5.79. The smallest absolute Gasteiger partial charge is 0.225 e. The first-order chi connectivity index (χ1) is 12.3. The standard InChI is InChI=1S/C23H29NO/c1-3-24(4-2)23(25)21-17-11-16-20(21)22(18-12-7-5-8-13-18)19-14-9-6-10-15-19/h5-10,12-15,20-22H,3-4,11,16-17H2,1-2H3/t20-,21+/m0/s1. The van der Waals surface area contributed by atoms with Gasteiger partial charge in [-0.25, -0.2) is 0 Å². The Hall–Kier alpha value is -2.09. The molecule has 0 spiro atoms. The first-order valence-electron chi connectivity index (χ1n) is 9.64. The van der Waals surface area contributed by atoms with E-state index in [-0.39, 0.29) is 5.92 Å². The van der Waals surface area contributed by atoms with E-state index in [1.165, 1.54) is 11.1 Å². The molecule has 1 aliphatic rings. The average molecular weight is 335 g/mol. The highest BCUT2D eigenvalue weighted by Crippen LogP contribution is 2.45. The molecule has 2 aromatic rings. The summed E-state index contributed by atoms with van der Waals surface area (Å²) in [5.74, 6) is 1.18. The van der Waals surface area contributed by atoms with Gasteiger partial charge in [0.2, 0.25) is 5.91 Å².